The largest absolute Gasteiger partial charge is 0.466 e. The molecule has 1 aliphatic heterocycles. The van der Waals surface area contributed by atoms with E-state index >= 15 is 0 Å². The molecule has 2 amide bonds. The number of hydrogen-bond acceptors (Lipinski definition) is 7. The van der Waals surface area contributed by atoms with Crippen molar-refractivity contribution in [2.24, 2.45) is 5.92 Å². The number of aldehydes is 1. The molecule has 0 radical (unpaired) electrons. The number of esters is 1. The maximum absolute atomic E-state index is 12.5. The van der Waals surface area contributed by atoms with Gasteiger partial charge in [0.2, 0.25) is 6.54 Å². The molecule has 1 aromatic rings. The Hall–Kier alpha value is -3.10. The summed E-state index contributed by atoms with van der Waals surface area (Å²) in [7, 11) is 0. The molecule has 0 saturated carbocycles. The highest BCUT2D eigenvalue weighted by Crippen LogP contribution is 2.28. The van der Waals surface area contributed by atoms with Gasteiger partial charge in [0.05, 0.1) is 30.1 Å². The van der Waals surface area contributed by atoms with Crippen LogP contribution >= 0.6 is 0 Å². The molecule has 1 heterocycles. The van der Waals surface area contributed by atoms with E-state index in [4.69, 9.17) is 4.74 Å². The third-order valence-electron chi connectivity index (χ3n) is 3.87. The molecule has 2 atom stereocenters. The van der Waals surface area contributed by atoms with Crippen molar-refractivity contribution >= 4 is 24.1 Å². The van der Waals surface area contributed by atoms with Crippen LogP contribution in [0.2, 0.25) is 0 Å². The maximum Gasteiger partial charge on any atom is 0.306 e. The van der Waals surface area contributed by atoms with E-state index < -0.39 is 47.6 Å². The van der Waals surface area contributed by atoms with Crippen LogP contribution in [0.25, 0.3) is 0 Å². The number of benzene rings is 1. The molecule has 0 aliphatic carbocycles. The highest BCUT2D eigenvalue weighted by Gasteiger charge is 2.45. The molecule has 2 rings (SSSR count). The van der Waals surface area contributed by atoms with Gasteiger partial charge in [0.25, 0.3) is 11.8 Å². The Bertz CT molecular complexity index is 696. The Morgan fingerprint density at radius 3 is 2.28 bits per heavy atom. The van der Waals surface area contributed by atoms with Gasteiger partial charge >= 0.3 is 5.97 Å². The Balaban J connectivity index is 2.36. The molecular formula is C16H16N2O7. The molecule has 0 aromatic heterocycles. The van der Waals surface area contributed by atoms with E-state index in [-0.39, 0.29) is 17.7 Å². The summed E-state index contributed by atoms with van der Waals surface area (Å²) in [6, 6.07) is 4.61. The summed E-state index contributed by atoms with van der Waals surface area (Å²) in [6.45, 7) is 0.818. The molecule has 132 valence electrons. The predicted octanol–water partition coefficient (Wildman–Crippen LogP) is 0.696. The number of ether oxygens (including phenoxy) is 1. The average Bonchev–Trinajstić information content (AvgIpc) is 2.82. The summed E-state index contributed by atoms with van der Waals surface area (Å²) >= 11 is 0. The van der Waals surface area contributed by atoms with Gasteiger partial charge in [-0.1, -0.05) is 12.1 Å². The molecule has 1 aliphatic rings. The summed E-state index contributed by atoms with van der Waals surface area (Å²) < 4.78 is 4.75. The lowest BCUT2D eigenvalue weighted by atomic mass is 9.96. The molecule has 0 N–H and O–H groups in total. The molecular weight excluding hydrogens is 332 g/mol. The fourth-order valence-electron chi connectivity index (χ4n) is 2.76. The topological polar surface area (TPSA) is 124 Å². The molecule has 0 spiro atoms. The quantitative estimate of drug-likeness (QED) is 0.223. The van der Waals surface area contributed by atoms with Gasteiger partial charge in [-0.15, -0.1) is 0 Å². The first kappa shape index (κ1) is 18.2. The van der Waals surface area contributed by atoms with Gasteiger partial charge in [-0.25, -0.2) is 0 Å². The molecule has 25 heavy (non-hydrogen) atoms. The van der Waals surface area contributed by atoms with Gasteiger partial charge in [-0.2, -0.15) is 0 Å². The number of nitrogens with zero attached hydrogens (tertiary/aromatic N) is 2. The predicted molar refractivity (Wildman–Crippen MR) is 83.4 cm³/mol. The minimum absolute atomic E-state index is 0.0807. The Morgan fingerprint density at radius 2 is 1.84 bits per heavy atom. The number of carbonyl (C=O) groups is 4. The summed E-state index contributed by atoms with van der Waals surface area (Å²) in [4.78, 5) is 59.1. The molecule has 1 aromatic carbocycles. The fourth-order valence-corrected chi connectivity index (χ4v) is 2.76. The standard InChI is InChI=1S/C16H16N2O7/c1-2-25-14(20)7-10(9-19)13(8-17(23)24)18-15(21)11-5-3-4-6-12(11)16(18)22/h3-6,9-10,13H,2,7-8H2,1H3/t10-,13-/m1/s1. The molecule has 0 unspecified atom stereocenters. The zero-order chi connectivity index (χ0) is 18.6. The highest BCUT2D eigenvalue weighted by atomic mass is 16.6. The van der Waals surface area contributed by atoms with E-state index in [9.17, 15) is 29.3 Å². The molecule has 0 bridgehead atoms. The van der Waals surface area contributed by atoms with Crippen LogP contribution in [0.15, 0.2) is 24.3 Å². The first-order valence-corrected chi connectivity index (χ1v) is 7.60. The van der Waals surface area contributed by atoms with Gasteiger partial charge in [-0.3, -0.25) is 29.4 Å². The lowest BCUT2D eigenvalue weighted by Crippen LogP contribution is -2.49. The minimum Gasteiger partial charge on any atom is -0.466 e. The summed E-state index contributed by atoms with van der Waals surface area (Å²) in [5.74, 6) is -3.40. The van der Waals surface area contributed by atoms with Crippen molar-refractivity contribution in [3.63, 3.8) is 0 Å². The lowest BCUT2D eigenvalue weighted by molar-refractivity contribution is -0.486. The second kappa shape index (κ2) is 7.65. The number of hydrogen-bond donors (Lipinski definition) is 0. The van der Waals surface area contributed by atoms with Crippen molar-refractivity contribution in [2.45, 2.75) is 19.4 Å². The molecule has 9 nitrogen and oxygen atoms in total. The Labute approximate surface area is 142 Å². The van der Waals surface area contributed by atoms with Gasteiger partial charge in [-0.05, 0) is 19.1 Å². The van der Waals surface area contributed by atoms with Gasteiger partial charge in [0.15, 0.2) is 0 Å². The number of amides is 2. The van der Waals surface area contributed by atoms with Crippen LogP contribution in [0.3, 0.4) is 0 Å². The van der Waals surface area contributed by atoms with Gasteiger partial charge in [0, 0.05) is 4.92 Å². The van der Waals surface area contributed by atoms with E-state index in [1.165, 1.54) is 12.1 Å². The van der Waals surface area contributed by atoms with E-state index in [1.54, 1.807) is 19.1 Å². The normalized spacial score (nSPS) is 15.5. The van der Waals surface area contributed by atoms with Crippen molar-refractivity contribution in [3.8, 4) is 0 Å². The zero-order valence-corrected chi connectivity index (χ0v) is 13.4. The van der Waals surface area contributed by atoms with Crippen LogP contribution in [0.4, 0.5) is 0 Å². The number of fused-ring (bicyclic) bond motifs is 1. The molecule has 9 heteroatoms. The van der Waals surface area contributed by atoms with Crippen molar-refractivity contribution in [3.05, 3.63) is 45.5 Å². The van der Waals surface area contributed by atoms with E-state index in [0.29, 0.717) is 11.2 Å². The number of nitro groups is 1. The first-order chi connectivity index (χ1) is 11.9. The lowest BCUT2D eigenvalue weighted by Gasteiger charge is -2.26. The zero-order valence-electron chi connectivity index (χ0n) is 13.4. The summed E-state index contributed by atoms with van der Waals surface area (Å²) in [6.07, 6.45) is -0.113. The van der Waals surface area contributed by atoms with Crippen LogP contribution in [0, 0.1) is 16.0 Å². The minimum atomic E-state index is -1.37. The van der Waals surface area contributed by atoms with Crippen LogP contribution in [0.1, 0.15) is 34.1 Å². The second-order valence-corrected chi connectivity index (χ2v) is 5.42. The number of carbonyl (C=O) groups excluding carboxylic acids is 4. The van der Waals surface area contributed by atoms with Crippen molar-refractivity contribution in [2.75, 3.05) is 13.2 Å². The SMILES string of the molecule is CCOC(=O)C[C@H](C=O)[C@@H](C[N+](=O)[O-])N1C(=O)c2ccccc2C1=O. The van der Waals surface area contributed by atoms with Gasteiger partial charge in [0.1, 0.15) is 12.3 Å². The Kier molecular flexibility index (Phi) is 5.58. The average molecular weight is 348 g/mol. The second-order valence-electron chi connectivity index (χ2n) is 5.42. The third kappa shape index (κ3) is 3.70. The number of imide groups is 1. The maximum atomic E-state index is 12.5. The molecule has 0 fully saturated rings. The van der Waals surface area contributed by atoms with Crippen LogP contribution in [0.5, 0.6) is 0 Å². The molecule has 0 saturated heterocycles. The van der Waals surface area contributed by atoms with Gasteiger partial charge < -0.3 is 9.53 Å². The van der Waals surface area contributed by atoms with E-state index in [1.807, 2.05) is 0 Å². The monoisotopic (exact) mass is 348 g/mol. The smallest absolute Gasteiger partial charge is 0.306 e. The highest BCUT2D eigenvalue weighted by molar-refractivity contribution is 6.21. The summed E-state index contributed by atoms with van der Waals surface area (Å²) in [5, 5.41) is 11.0. The van der Waals surface area contributed by atoms with Crippen molar-refractivity contribution in [1.82, 2.24) is 4.90 Å². The summed E-state index contributed by atoms with van der Waals surface area (Å²) in [5.41, 5.74) is 0.225. The van der Waals surface area contributed by atoms with Crippen molar-refractivity contribution in [1.29, 1.82) is 0 Å². The fraction of sp³-hybridized carbons (Fsp3) is 0.375. The van der Waals surface area contributed by atoms with Crippen LogP contribution < -0.4 is 0 Å². The van der Waals surface area contributed by atoms with E-state index in [2.05, 4.69) is 0 Å². The Morgan fingerprint density at radius 1 is 1.28 bits per heavy atom. The first-order valence-electron chi connectivity index (χ1n) is 7.60. The van der Waals surface area contributed by atoms with Crippen LogP contribution in [-0.2, 0) is 14.3 Å². The van der Waals surface area contributed by atoms with Crippen molar-refractivity contribution < 1.29 is 28.8 Å². The number of rotatable bonds is 8. The van der Waals surface area contributed by atoms with Crippen LogP contribution in [-0.4, -0.2) is 53.1 Å². The third-order valence-corrected chi connectivity index (χ3v) is 3.87. The van der Waals surface area contributed by atoms with E-state index in [0.717, 1.165) is 0 Å².